The smallest absolute Gasteiger partial charge is 0.142 e. The van der Waals surface area contributed by atoms with Crippen LogP contribution in [-0.2, 0) is 6.54 Å². The van der Waals surface area contributed by atoms with Crippen molar-refractivity contribution >= 4 is 15.9 Å². The zero-order chi connectivity index (χ0) is 13.8. The number of aliphatic hydroxyl groups is 1. The predicted molar refractivity (Wildman–Crippen MR) is 77.3 cm³/mol. The highest BCUT2D eigenvalue weighted by Crippen LogP contribution is 2.30. The van der Waals surface area contributed by atoms with Crippen LogP contribution in [0.2, 0.25) is 0 Å². The molecule has 1 heterocycles. The van der Waals surface area contributed by atoms with Gasteiger partial charge in [-0.25, -0.2) is 4.98 Å². The molecule has 1 aromatic carbocycles. The number of aromatic nitrogens is 2. The predicted octanol–water partition coefficient (Wildman–Crippen LogP) is 3.15. The molecule has 102 valence electrons. The van der Waals surface area contributed by atoms with Gasteiger partial charge in [0.1, 0.15) is 17.7 Å². The molecule has 0 radical (unpaired) electrons. The third-order valence-electron chi connectivity index (χ3n) is 2.95. The zero-order valence-corrected chi connectivity index (χ0v) is 12.6. The lowest BCUT2D eigenvalue weighted by atomic mass is 10.1. The average Bonchev–Trinajstić information content (AvgIpc) is 2.86. The first kappa shape index (κ1) is 14.1. The van der Waals surface area contributed by atoms with E-state index in [0.717, 1.165) is 28.8 Å². The fraction of sp³-hybridized carbons (Fsp3) is 0.357. The fourth-order valence-corrected chi connectivity index (χ4v) is 2.56. The standard InChI is InChI=1S/C14H17BrN2O2/c1-3-7-17-8-6-16-14(17)13(18)10-4-5-12(19-2)11(15)9-10/h4-6,8-9,13,18H,3,7H2,1-2H3. The molecule has 0 aliphatic heterocycles. The van der Waals surface area contributed by atoms with Crippen molar-refractivity contribution in [3.05, 3.63) is 46.5 Å². The van der Waals surface area contributed by atoms with Crippen molar-refractivity contribution in [2.75, 3.05) is 7.11 Å². The monoisotopic (exact) mass is 324 g/mol. The summed E-state index contributed by atoms with van der Waals surface area (Å²) in [5, 5.41) is 10.4. The molecule has 0 saturated heterocycles. The Bertz CT molecular complexity index is 554. The minimum absolute atomic E-state index is 0.666. The van der Waals surface area contributed by atoms with Crippen LogP contribution in [0, 0.1) is 0 Å². The summed E-state index contributed by atoms with van der Waals surface area (Å²) in [6.45, 7) is 2.95. The normalized spacial score (nSPS) is 12.4. The highest BCUT2D eigenvalue weighted by Gasteiger charge is 2.17. The van der Waals surface area contributed by atoms with Crippen LogP contribution in [0.5, 0.6) is 5.75 Å². The molecule has 5 heteroatoms. The fourth-order valence-electron chi connectivity index (χ4n) is 2.00. The maximum atomic E-state index is 10.4. The van der Waals surface area contributed by atoms with E-state index >= 15 is 0 Å². The van der Waals surface area contributed by atoms with Gasteiger partial charge in [-0.2, -0.15) is 0 Å². The van der Waals surface area contributed by atoms with Gasteiger partial charge >= 0.3 is 0 Å². The molecule has 0 fully saturated rings. The molecule has 0 spiro atoms. The number of benzene rings is 1. The van der Waals surface area contributed by atoms with Gasteiger partial charge in [0.2, 0.25) is 0 Å². The second kappa shape index (κ2) is 6.21. The van der Waals surface area contributed by atoms with Gasteiger partial charge in [0, 0.05) is 18.9 Å². The van der Waals surface area contributed by atoms with Crippen LogP contribution >= 0.6 is 15.9 Å². The highest BCUT2D eigenvalue weighted by atomic mass is 79.9. The summed E-state index contributed by atoms with van der Waals surface area (Å²) in [4.78, 5) is 4.25. The first-order chi connectivity index (χ1) is 9.17. The first-order valence-corrected chi connectivity index (χ1v) is 6.99. The van der Waals surface area contributed by atoms with Crippen LogP contribution < -0.4 is 4.74 Å². The number of hydrogen-bond acceptors (Lipinski definition) is 3. The van der Waals surface area contributed by atoms with Gasteiger partial charge in [-0.3, -0.25) is 0 Å². The summed E-state index contributed by atoms with van der Waals surface area (Å²) >= 11 is 3.42. The average molecular weight is 325 g/mol. The molecule has 0 aliphatic rings. The summed E-state index contributed by atoms with van der Waals surface area (Å²) in [5.74, 6) is 1.41. The zero-order valence-electron chi connectivity index (χ0n) is 11.0. The highest BCUT2D eigenvalue weighted by molar-refractivity contribution is 9.10. The van der Waals surface area contributed by atoms with E-state index in [2.05, 4.69) is 27.8 Å². The summed E-state index contributed by atoms with van der Waals surface area (Å²) in [6.07, 6.45) is 3.87. The van der Waals surface area contributed by atoms with E-state index in [1.165, 1.54) is 0 Å². The largest absolute Gasteiger partial charge is 0.496 e. The molecule has 2 aromatic rings. The number of methoxy groups -OCH3 is 1. The molecule has 1 N–H and O–H groups in total. The Kier molecular flexibility index (Phi) is 4.61. The second-order valence-corrected chi connectivity index (χ2v) is 5.13. The third-order valence-corrected chi connectivity index (χ3v) is 3.57. The molecule has 1 unspecified atom stereocenters. The van der Waals surface area contributed by atoms with Crippen LogP contribution in [0.15, 0.2) is 35.1 Å². The van der Waals surface area contributed by atoms with Gasteiger partial charge in [-0.15, -0.1) is 0 Å². The van der Waals surface area contributed by atoms with Crippen molar-refractivity contribution in [3.8, 4) is 5.75 Å². The SMILES string of the molecule is CCCn1ccnc1C(O)c1ccc(OC)c(Br)c1. The van der Waals surface area contributed by atoms with Gasteiger partial charge in [-0.05, 0) is 40.0 Å². The van der Waals surface area contributed by atoms with E-state index in [4.69, 9.17) is 4.74 Å². The molecular weight excluding hydrogens is 308 g/mol. The first-order valence-electron chi connectivity index (χ1n) is 6.20. The van der Waals surface area contributed by atoms with E-state index in [9.17, 15) is 5.11 Å². The number of halogens is 1. The minimum Gasteiger partial charge on any atom is -0.496 e. The summed E-state index contributed by atoms with van der Waals surface area (Å²) < 4.78 is 7.98. The second-order valence-electron chi connectivity index (χ2n) is 4.28. The van der Waals surface area contributed by atoms with Gasteiger partial charge in [0.15, 0.2) is 0 Å². The Balaban J connectivity index is 2.30. The number of hydrogen-bond donors (Lipinski definition) is 1. The van der Waals surface area contributed by atoms with Crippen LogP contribution in [0.1, 0.15) is 30.8 Å². The van der Waals surface area contributed by atoms with Crippen molar-refractivity contribution in [2.45, 2.75) is 26.0 Å². The van der Waals surface area contributed by atoms with Crippen molar-refractivity contribution < 1.29 is 9.84 Å². The van der Waals surface area contributed by atoms with Crippen LogP contribution in [0.3, 0.4) is 0 Å². The lowest BCUT2D eigenvalue weighted by Crippen LogP contribution is -2.09. The van der Waals surface area contributed by atoms with Crippen molar-refractivity contribution in [1.29, 1.82) is 0 Å². The molecule has 0 aliphatic carbocycles. The van der Waals surface area contributed by atoms with Crippen molar-refractivity contribution in [2.24, 2.45) is 0 Å². The van der Waals surface area contributed by atoms with E-state index in [1.807, 2.05) is 29.0 Å². The van der Waals surface area contributed by atoms with Gasteiger partial charge in [0.05, 0.1) is 11.6 Å². The Morgan fingerprint density at radius 2 is 2.26 bits per heavy atom. The Morgan fingerprint density at radius 3 is 2.89 bits per heavy atom. The van der Waals surface area contributed by atoms with Gasteiger partial charge in [-0.1, -0.05) is 13.0 Å². The quantitative estimate of drug-likeness (QED) is 0.919. The molecule has 0 amide bonds. The van der Waals surface area contributed by atoms with Crippen LogP contribution in [-0.4, -0.2) is 21.8 Å². The Labute approximate surface area is 121 Å². The summed E-state index contributed by atoms with van der Waals surface area (Å²) in [6, 6.07) is 5.53. The molecule has 19 heavy (non-hydrogen) atoms. The number of rotatable bonds is 5. The minimum atomic E-state index is -0.733. The molecular formula is C14H17BrN2O2. The molecule has 0 bridgehead atoms. The summed E-state index contributed by atoms with van der Waals surface area (Å²) in [7, 11) is 1.62. The van der Waals surface area contributed by atoms with E-state index in [-0.39, 0.29) is 0 Å². The van der Waals surface area contributed by atoms with E-state index < -0.39 is 6.10 Å². The topological polar surface area (TPSA) is 47.3 Å². The molecule has 1 atom stereocenters. The third kappa shape index (κ3) is 2.98. The molecule has 0 saturated carbocycles. The number of aryl methyl sites for hydroxylation is 1. The van der Waals surface area contributed by atoms with Gasteiger partial charge < -0.3 is 14.4 Å². The molecule has 2 rings (SSSR count). The maximum absolute atomic E-state index is 10.4. The van der Waals surface area contributed by atoms with Gasteiger partial charge in [0.25, 0.3) is 0 Å². The van der Waals surface area contributed by atoms with E-state index in [0.29, 0.717) is 5.82 Å². The number of nitrogens with zero attached hydrogens (tertiary/aromatic N) is 2. The molecule has 1 aromatic heterocycles. The lowest BCUT2D eigenvalue weighted by molar-refractivity contribution is 0.204. The van der Waals surface area contributed by atoms with Crippen molar-refractivity contribution in [3.63, 3.8) is 0 Å². The number of ether oxygens (including phenoxy) is 1. The maximum Gasteiger partial charge on any atom is 0.142 e. The summed E-state index contributed by atoms with van der Waals surface area (Å²) in [5.41, 5.74) is 0.788. The van der Waals surface area contributed by atoms with Crippen LogP contribution in [0.4, 0.5) is 0 Å². The molecule has 4 nitrogen and oxygen atoms in total. The lowest BCUT2D eigenvalue weighted by Gasteiger charge is -2.14. The Hall–Kier alpha value is -1.33. The van der Waals surface area contributed by atoms with Crippen LogP contribution in [0.25, 0.3) is 0 Å². The Morgan fingerprint density at radius 1 is 1.47 bits per heavy atom. The van der Waals surface area contributed by atoms with Crippen molar-refractivity contribution in [1.82, 2.24) is 9.55 Å². The number of aliphatic hydroxyl groups excluding tert-OH is 1. The van der Waals surface area contributed by atoms with E-state index in [1.54, 1.807) is 13.3 Å². The number of imidazole rings is 1.